The molecule has 1 amide bonds. The Kier molecular flexibility index (Phi) is 36.8. The molecule has 0 aromatic heterocycles. The van der Waals surface area contributed by atoms with Gasteiger partial charge < -0.3 is 35.2 Å². The largest absolute Gasteiger partial charge is 0.397 e. The monoisotopic (exact) mass is 890 g/mol. The molecule has 12 nitrogen and oxygen atoms in total. The molecule has 1 saturated heterocycles. The first-order valence-electron chi connectivity index (χ1n) is 24.7. The number of amides is 1. The summed E-state index contributed by atoms with van der Waals surface area (Å²) in [5, 5.41) is 44.7. The van der Waals surface area contributed by atoms with E-state index in [9.17, 15) is 38.2 Å². The summed E-state index contributed by atoms with van der Waals surface area (Å²) < 4.78 is 47.6. The third-order valence-corrected chi connectivity index (χ3v) is 12.2. The summed E-state index contributed by atoms with van der Waals surface area (Å²) in [5.41, 5.74) is 0. The van der Waals surface area contributed by atoms with Crippen molar-refractivity contribution in [1.29, 1.82) is 0 Å². The molecule has 1 fully saturated rings. The average Bonchev–Trinajstić information content (AvgIpc) is 3.23. The Labute approximate surface area is 372 Å². The average molecular weight is 890 g/mol. The van der Waals surface area contributed by atoms with Gasteiger partial charge in [-0.3, -0.25) is 9.35 Å². The highest BCUT2D eigenvalue weighted by Crippen LogP contribution is 2.26. The Morgan fingerprint density at radius 1 is 0.639 bits per heavy atom. The van der Waals surface area contributed by atoms with Crippen molar-refractivity contribution in [2.45, 2.75) is 262 Å². The summed E-state index contributed by atoms with van der Waals surface area (Å²) >= 11 is 0. The maximum absolute atomic E-state index is 13.0. The lowest BCUT2D eigenvalue weighted by Gasteiger charge is -2.41. The second kappa shape index (κ2) is 39.0. The molecule has 360 valence electrons. The topological polar surface area (TPSA) is 192 Å². The fourth-order valence-corrected chi connectivity index (χ4v) is 8.37. The van der Waals surface area contributed by atoms with Crippen LogP contribution in [0.15, 0.2) is 24.3 Å². The zero-order valence-electron chi connectivity index (χ0n) is 38.5. The highest BCUT2D eigenvalue weighted by atomic mass is 32.3. The third-order valence-electron chi connectivity index (χ3n) is 11.7. The van der Waals surface area contributed by atoms with Crippen molar-refractivity contribution in [1.82, 2.24) is 5.32 Å². The molecule has 7 atom stereocenters. The molecule has 0 saturated carbocycles. The van der Waals surface area contributed by atoms with Crippen LogP contribution in [0.1, 0.15) is 219 Å². The van der Waals surface area contributed by atoms with Gasteiger partial charge in [0.05, 0.1) is 25.4 Å². The van der Waals surface area contributed by atoms with Crippen LogP contribution in [0.5, 0.6) is 0 Å². The lowest BCUT2D eigenvalue weighted by atomic mass is 9.99. The van der Waals surface area contributed by atoms with E-state index in [1.54, 1.807) is 6.08 Å². The second-order valence-electron chi connectivity index (χ2n) is 17.4. The summed E-state index contributed by atoms with van der Waals surface area (Å²) in [6, 6.07) is -0.941. The fraction of sp³-hybridized carbons (Fsp3) is 0.896. The van der Waals surface area contributed by atoms with Crippen LogP contribution in [0.2, 0.25) is 0 Å². The number of allylic oxidation sites excluding steroid dienone is 3. The van der Waals surface area contributed by atoms with Gasteiger partial charge in [-0.25, -0.2) is 4.18 Å². The standard InChI is InChI=1S/C48H91NO11S/c1-3-5-7-9-11-13-15-17-18-19-20-21-22-23-24-26-28-30-32-34-36-38-44(52)49-41(42(51)37-35-33-31-29-27-25-16-14-12-10-8-6-4-2)40-58-48-46(54)47(60-61(55,56)57)45(53)43(39-50)59-48/h17-18,35,37,41-43,45-48,50-51,53-54H,3-16,19-34,36,38-40H2,1-2H3,(H,49,52)(H,55,56,57)/b18-17-,37-35+/t41?,42-,43?,45+,46+,47?,48-/m1/s1. The van der Waals surface area contributed by atoms with Crippen LogP contribution in [-0.2, 0) is 28.9 Å². The van der Waals surface area contributed by atoms with Gasteiger partial charge in [0, 0.05) is 6.42 Å². The molecule has 6 N–H and O–H groups in total. The summed E-state index contributed by atoms with van der Waals surface area (Å²) in [6.45, 7) is 3.38. The summed E-state index contributed by atoms with van der Waals surface area (Å²) in [7, 11) is -5.08. The van der Waals surface area contributed by atoms with E-state index in [0.717, 1.165) is 38.5 Å². The molecule has 0 spiro atoms. The number of rotatable bonds is 42. The summed E-state index contributed by atoms with van der Waals surface area (Å²) in [5.74, 6) is -0.263. The first kappa shape index (κ1) is 57.6. The predicted molar refractivity (Wildman–Crippen MR) is 245 cm³/mol. The Hall–Kier alpha value is -1.42. The van der Waals surface area contributed by atoms with Gasteiger partial charge in [0.15, 0.2) is 6.29 Å². The highest BCUT2D eigenvalue weighted by Gasteiger charge is 2.48. The van der Waals surface area contributed by atoms with Crippen LogP contribution in [0.25, 0.3) is 0 Å². The van der Waals surface area contributed by atoms with Gasteiger partial charge in [0.1, 0.15) is 24.4 Å². The van der Waals surface area contributed by atoms with Gasteiger partial charge in [-0.2, -0.15) is 8.42 Å². The molecule has 1 aliphatic heterocycles. The van der Waals surface area contributed by atoms with Gasteiger partial charge in [-0.15, -0.1) is 0 Å². The van der Waals surface area contributed by atoms with E-state index < -0.39 is 59.9 Å². The van der Waals surface area contributed by atoms with Crippen molar-refractivity contribution in [2.24, 2.45) is 0 Å². The number of hydrogen-bond donors (Lipinski definition) is 6. The molecular weight excluding hydrogens is 799 g/mol. The second-order valence-corrected chi connectivity index (χ2v) is 18.4. The first-order chi connectivity index (χ1) is 29.5. The predicted octanol–water partition coefficient (Wildman–Crippen LogP) is 10.1. The van der Waals surface area contributed by atoms with Crippen LogP contribution >= 0.6 is 0 Å². The van der Waals surface area contributed by atoms with Crippen molar-refractivity contribution < 1.29 is 51.8 Å². The van der Waals surface area contributed by atoms with Crippen LogP contribution in [0.3, 0.4) is 0 Å². The molecule has 0 aromatic rings. The lowest BCUT2D eigenvalue weighted by molar-refractivity contribution is -0.298. The minimum absolute atomic E-state index is 0.263. The van der Waals surface area contributed by atoms with Crippen LogP contribution < -0.4 is 5.32 Å². The number of carbonyl (C=O) groups excluding carboxylic acids is 1. The summed E-state index contributed by atoms with van der Waals surface area (Å²) in [4.78, 5) is 13.0. The zero-order chi connectivity index (χ0) is 44.8. The Bertz CT molecular complexity index is 1190. The molecular formula is C48H91NO11S. The van der Waals surface area contributed by atoms with Gasteiger partial charge in [-0.1, -0.05) is 192 Å². The molecule has 0 radical (unpaired) electrons. The molecule has 1 heterocycles. The smallest absolute Gasteiger partial charge is 0.394 e. The van der Waals surface area contributed by atoms with E-state index in [2.05, 4.69) is 35.5 Å². The van der Waals surface area contributed by atoms with Crippen LogP contribution in [0, 0.1) is 0 Å². The van der Waals surface area contributed by atoms with Crippen molar-refractivity contribution >= 4 is 16.3 Å². The van der Waals surface area contributed by atoms with Crippen molar-refractivity contribution in [2.75, 3.05) is 13.2 Å². The molecule has 0 aliphatic carbocycles. The molecule has 61 heavy (non-hydrogen) atoms. The van der Waals surface area contributed by atoms with E-state index in [4.69, 9.17) is 9.47 Å². The van der Waals surface area contributed by atoms with E-state index in [0.29, 0.717) is 6.42 Å². The third kappa shape index (κ3) is 32.0. The van der Waals surface area contributed by atoms with Gasteiger partial charge in [0.2, 0.25) is 5.91 Å². The van der Waals surface area contributed by atoms with Gasteiger partial charge >= 0.3 is 10.4 Å². The van der Waals surface area contributed by atoms with Crippen LogP contribution in [-0.4, -0.2) is 95.4 Å². The zero-order valence-corrected chi connectivity index (χ0v) is 39.3. The fourth-order valence-electron chi connectivity index (χ4n) is 7.86. The van der Waals surface area contributed by atoms with Gasteiger partial charge in [0.25, 0.3) is 0 Å². The molecule has 3 unspecified atom stereocenters. The molecule has 0 bridgehead atoms. The molecule has 1 rings (SSSR count). The molecule has 13 heteroatoms. The lowest BCUT2D eigenvalue weighted by Crippen LogP contribution is -2.61. The number of aliphatic hydroxyl groups excluding tert-OH is 4. The molecule has 1 aliphatic rings. The van der Waals surface area contributed by atoms with E-state index in [1.807, 2.05) is 6.08 Å². The Balaban J connectivity index is 2.44. The van der Waals surface area contributed by atoms with Crippen LogP contribution in [0.4, 0.5) is 0 Å². The van der Waals surface area contributed by atoms with E-state index in [1.165, 1.54) is 154 Å². The first-order valence-corrected chi connectivity index (χ1v) is 26.1. The van der Waals surface area contributed by atoms with Crippen molar-refractivity contribution in [3.05, 3.63) is 24.3 Å². The van der Waals surface area contributed by atoms with E-state index in [-0.39, 0.29) is 18.9 Å². The maximum Gasteiger partial charge on any atom is 0.397 e. The quantitative estimate of drug-likeness (QED) is 0.0194. The number of hydrogen-bond acceptors (Lipinski definition) is 10. The number of aliphatic hydroxyl groups is 4. The SMILES string of the molecule is CCCCCCCC/C=C\CCCCCCCCCCCCCC(=O)NC(CO[C@@H]1OC(CO)[C@H](O)C(OS(=O)(=O)O)[C@@H]1O)[C@H](O)/C=C/CCCCCCCCCCCCC. The van der Waals surface area contributed by atoms with Gasteiger partial charge in [-0.05, 0) is 44.9 Å². The normalized spacial score (nSPS) is 20.8. The van der Waals surface area contributed by atoms with E-state index >= 15 is 0 Å². The number of unbranched alkanes of at least 4 members (excludes halogenated alkanes) is 28. The minimum Gasteiger partial charge on any atom is -0.394 e. The number of ether oxygens (including phenoxy) is 2. The van der Waals surface area contributed by atoms with Crippen molar-refractivity contribution in [3.63, 3.8) is 0 Å². The Morgan fingerprint density at radius 2 is 1.05 bits per heavy atom. The number of carbonyl (C=O) groups is 1. The highest BCUT2D eigenvalue weighted by molar-refractivity contribution is 7.80. The number of nitrogens with one attached hydrogen (secondary N) is 1. The Morgan fingerprint density at radius 3 is 1.48 bits per heavy atom. The minimum atomic E-state index is -5.08. The summed E-state index contributed by atoms with van der Waals surface area (Å²) in [6.07, 6.45) is 36.4. The van der Waals surface area contributed by atoms with Crippen molar-refractivity contribution in [3.8, 4) is 0 Å². The maximum atomic E-state index is 13.0. The molecule has 0 aromatic carbocycles.